The Hall–Kier alpha value is -1.59. The van der Waals surface area contributed by atoms with Crippen molar-refractivity contribution in [3.8, 4) is 0 Å². The Balaban J connectivity index is 1.70. The van der Waals surface area contributed by atoms with Gasteiger partial charge in [0.2, 0.25) is 11.8 Å². The van der Waals surface area contributed by atoms with E-state index in [0.29, 0.717) is 30.1 Å². The monoisotopic (exact) mass is 352 g/mol. The Morgan fingerprint density at radius 3 is 2.75 bits per heavy atom. The molecule has 0 saturated carbocycles. The van der Waals surface area contributed by atoms with Gasteiger partial charge in [-0.1, -0.05) is 24.6 Å². The fraction of sp³-hybridized carbons (Fsp3) is 0.556. The molecule has 2 amide bonds. The number of anilines is 1. The number of benzene rings is 1. The summed E-state index contributed by atoms with van der Waals surface area (Å²) in [5, 5.41) is 6.31. The van der Waals surface area contributed by atoms with E-state index in [2.05, 4.69) is 10.6 Å². The first-order valence-corrected chi connectivity index (χ1v) is 8.76. The van der Waals surface area contributed by atoms with Crippen molar-refractivity contribution in [1.29, 1.82) is 0 Å². The average Bonchev–Trinajstić information content (AvgIpc) is 3.02. The number of halogens is 1. The van der Waals surface area contributed by atoms with Gasteiger partial charge < -0.3 is 15.4 Å². The highest BCUT2D eigenvalue weighted by Crippen LogP contribution is 2.20. The van der Waals surface area contributed by atoms with Crippen molar-refractivity contribution >= 4 is 29.1 Å². The van der Waals surface area contributed by atoms with E-state index in [1.807, 2.05) is 26.0 Å². The van der Waals surface area contributed by atoms with Crippen LogP contribution in [0.25, 0.3) is 0 Å². The van der Waals surface area contributed by atoms with Crippen molar-refractivity contribution in [2.45, 2.75) is 45.6 Å². The number of nitrogens with one attached hydrogen (secondary N) is 2. The molecule has 132 valence electrons. The molecule has 2 rings (SSSR count). The van der Waals surface area contributed by atoms with Gasteiger partial charge in [0.1, 0.15) is 0 Å². The van der Waals surface area contributed by atoms with Gasteiger partial charge in [0.15, 0.2) is 0 Å². The van der Waals surface area contributed by atoms with Crippen molar-refractivity contribution in [2.24, 2.45) is 5.92 Å². The Bertz CT molecular complexity index is 586. The number of hydrogen-bond donors (Lipinski definition) is 2. The SMILES string of the molecule is Cc1ccc(NC(=O)C[C@H](C)CC(=O)NC[C@H]2CCCO2)cc1Cl. The number of ether oxygens (including phenoxy) is 1. The molecule has 1 aliphatic heterocycles. The Morgan fingerprint density at radius 1 is 1.33 bits per heavy atom. The largest absolute Gasteiger partial charge is 0.376 e. The third-order valence-electron chi connectivity index (χ3n) is 4.07. The van der Waals surface area contributed by atoms with E-state index in [-0.39, 0.29) is 23.8 Å². The van der Waals surface area contributed by atoms with Crippen LogP contribution in [0.4, 0.5) is 5.69 Å². The number of carbonyl (C=O) groups is 2. The minimum Gasteiger partial charge on any atom is -0.376 e. The second-order valence-corrected chi connectivity index (χ2v) is 6.87. The highest BCUT2D eigenvalue weighted by atomic mass is 35.5. The second kappa shape index (κ2) is 9.04. The first-order valence-electron chi connectivity index (χ1n) is 8.38. The zero-order valence-electron chi connectivity index (χ0n) is 14.2. The quantitative estimate of drug-likeness (QED) is 0.791. The molecule has 0 aromatic heterocycles. The fourth-order valence-corrected chi connectivity index (χ4v) is 2.87. The Morgan fingerprint density at radius 2 is 2.08 bits per heavy atom. The number of amides is 2. The summed E-state index contributed by atoms with van der Waals surface area (Å²) in [6.07, 6.45) is 2.81. The van der Waals surface area contributed by atoms with E-state index in [1.54, 1.807) is 6.07 Å². The van der Waals surface area contributed by atoms with Crippen molar-refractivity contribution in [3.05, 3.63) is 28.8 Å². The molecule has 1 heterocycles. The molecule has 1 fully saturated rings. The van der Waals surface area contributed by atoms with Crippen molar-refractivity contribution in [3.63, 3.8) is 0 Å². The van der Waals surface area contributed by atoms with Gasteiger partial charge in [-0.05, 0) is 43.4 Å². The summed E-state index contributed by atoms with van der Waals surface area (Å²) in [4.78, 5) is 24.0. The van der Waals surface area contributed by atoms with Gasteiger partial charge in [-0.15, -0.1) is 0 Å². The number of hydrogen-bond acceptors (Lipinski definition) is 3. The van der Waals surface area contributed by atoms with Gasteiger partial charge in [0.25, 0.3) is 0 Å². The molecule has 24 heavy (non-hydrogen) atoms. The van der Waals surface area contributed by atoms with Gasteiger partial charge >= 0.3 is 0 Å². The molecule has 0 spiro atoms. The molecular formula is C18H25ClN2O3. The van der Waals surface area contributed by atoms with Crippen molar-refractivity contribution in [2.75, 3.05) is 18.5 Å². The highest BCUT2D eigenvalue weighted by molar-refractivity contribution is 6.31. The number of carbonyl (C=O) groups excluding carboxylic acids is 2. The fourth-order valence-electron chi connectivity index (χ4n) is 2.69. The number of rotatable bonds is 7. The maximum Gasteiger partial charge on any atom is 0.224 e. The zero-order chi connectivity index (χ0) is 17.5. The first-order chi connectivity index (χ1) is 11.4. The van der Waals surface area contributed by atoms with E-state index in [9.17, 15) is 9.59 Å². The smallest absolute Gasteiger partial charge is 0.224 e. The summed E-state index contributed by atoms with van der Waals surface area (Å²) in [6, 6.07) is 5.41. The van der Waals surface area contributed by atoms with E-state index < -0.39 is 0 Å². The highest BCUT2D eigenvalue weighted by Gasteiger charge is 2.18. The molecule has 2 N–H and O–H groups in total. The molecule has 0 radical (unpaired) electrons. The minimum atomic E-state index is -0.116. The standard InChI is InChI=1S/C18H25ClN2O3/c1-12(8-17(22)20-11-15-4-3-7-24-15)9-18(23)21-14-6-5-13(2)16(19)10-14/h5-6,10,12,15H,3-4,7-9,11H2,1-2H3,(H,20,22)(H,21,23)/t12-,15-/m1/s1. The molecule has 6 heteroatoms. The van der Waals surface area contributed by atoms with Crippen LogP contribution < -0.4 is 10.6 Å². The maximum absolute atomic E-state index is 12.1. The summed E-state index contributed by atoms with van der Waals surface area (Å²) in [7, 11) is 0. The lowest BCUT2D eigenvalue weighted by Gasteiger charge is -2.14. The Kier molecular flexibility index (Phi) is 7.06. The third-order valence-corrected chi connectivity index (χ3v) is 4.48. The topological polar surface area (TPSA) is 67.4 Å². The van der Waals surface area contributed by atoms with Crippen LogP contribution in [0.5, 0.6) is 0 Å². The summed E-state index contributed by atoms with van der Waals surface area (Å²) >= 11 is 6.05. The van der Waals surface area contributed by atoms with Crippen molar-refractivity contribution in [1.82, 2.24) is 5.32 Å². The zero-order valence-corrected chi connectivity index (χ0v) is 15.0. The van der Waals surface area contributed by atoms with Crippen molar-refractivity contribution < 1.29 is 14.3 Å². The lowest BCUT2D eigenvalue weighted by molar-refractivity contribution is -0.122. The maximum atomic E-state index is 12.1. The van der Waals surface area contributed by atoms with Gasteiger partial charge in [0.05, 0.1) is 6.10 Å². The van der Waals surface area contributed by atoms with Gasteiger partial charge in [-0.3, -0.25) is 9.59 Å². The summed E-state index contributed by atoms with van der Waals surface area (Å²) in [5.74, 6) is -0.186. The molecular weight excluding hydrogens is 328 g/mol. The van der Waals surface area contributed by atoms with Crippen LogP contribution in [0.3, 0.4) is 0 Å². The molecule has 1 aromatic carbocycles. The second-order valence-electron chi connectivity index (χ2n) is 6.46. The molecule has 1 saturated heterocycles. The molecule has 2 atom stereocenters. The average molecular weight is 353 g/mol. The third kappa shape index (κ3) is 6.13. The molecule has 1 aliphatic rings. The van der Waals surface area contributed by atoms with Crippen LogP contribution >= 0.6 is 11.6 Å². The van der Waals surface area contributed by atoms with Crippen LogP contribution in [-0.2, 0) is 14.3 Å². The van der Waals surface area contributed by atoms with Gasteiger partial charge in [0, 0.05) is 36.7 Å². The summed E-state index contributed by atoms with van der Waals surface area (Å²) < 4.78 is 5.47. The molecule has 5 nitrogen and oxygen atoms in total. The summed E-state index contributed by atoms with van der Waals surface area (Å²) in [5.41, 5.74) is 1.64. The predicted molar refractivity (Wildman–Crippen MR) is 95.2 cm³/mol. The van der Waals surface area contributed by atoms with Gasteiger partial charge in [-0.25, -0.2) is 0 Å². The van der Waals surface area contributed by atoms with E-state index >= 15 is 0 Å². The van der Waals surface area contributed by atoms with Crippen LogP contribution in [0, 0.1) is 12.8 Å². The van der Waals surface area contributed by atoms with Crippen LogP contribution in [0.1, 0.15) is 38.2 Å². The van der Waals surface area contributed by atoms with E-state index in [1.165, 1.54) is 0 Å². The predicted octanol–water partition coefficient (Wildman–Crippen LogP) is 3.30. The first kappa shape index (κ1) is 18.7. The minimum absolute atomic E-state index is 0.0320. The van der Waals surface area contributed by atoms with Gasteiger partial charge in [-0.2, -0.15) is 0 Å². The molecule has 0 aliphatic carbocycles. The Labute approximate surface area is 148 Å². The van der Waals surface area contributed by atoms with Crippen LogP contribution in [0.15, 0.2) is 18.2 Å². The molecule has 0 unspecified atom stereocenters. The summed E-state index contributed by atoms with van der Waals surface area (Å²) in [6.45, 7) is 5.14. The lowest BCUT2D eigenvalue weighted by atomic mass is 10.0. The molecule has 0 bridgehead atoms. The van der Waals surface area contributed by atoms with E-state index in [0.717, 1.165) is 25.0 Å². The number of aryl methyl sites for hydroxylation is 1. The molecule has 1 aromatic rings. The van der Waals surface area contributed by atoms with Crippen LogP contribution in [0.2, 0.25) is 5.02 Å². The normalized spacial score (nSPS) is 18.2. The van der Waals surface area contributed by atoms with Crippen LogP contribution in [-0.4, -0.2) is 31.1 Å². The lowest BCUT2D eigenvalue weighted by Crippen LogP contribution is -2.33. The van der Waals surface area contributed by atoms with E-state index in [4.69, 9.17) is 16.3 Å².